The van der Waals surface area contributed by atoms with Crippen molar-refractivity contribution in [2.75, 3.05) is 0 Å². The van der Waals surface area contributed by atoms with Crippen molar-refractivity contribution in [1.29, 1.82) is 0 Å². The fraction of sp³-hybridized carbons (Fsp3) is 0.632. The van der Waals surface area contributed by atoms with E-state index >= 15 is 0 Å². The highest BCUT2D eigenvalue weighted by atomic mass is 16.4. The van der Waals surface area contributed by atoms with Crippen LogP contribution in [0.15, 0.2) is 34.9 Å². The van der Waals surface area contributed by atoms with Crippen molar-refractivity contribution >= 4 is 5.97 Å². The van der Waals surface area contributed by atoms with Gasteiger partial charge >= 0.3 is 5.97 Å². The minimum atomic E-state index is -0.698. The normalized spacial score (nSPS) is 14.0. The molecule has 2 nitrogen and oxygen atoms in total. The van der Waals surface area contributed by atoms with Gasteiger partial charge in [-0.15, -0.1) is 0 Å². The third-order valence-corrected chi connectivity index (χ3v) is 3.64. The summed E-state index contributed by atoms with van der Waals surface area (Å²) < 4.78 is 0. The highest BCUT2D eigenvalue weighted by molar-refractivity contribution is 5.69. The Morgan fingerprint density at radius 3 is 1.86 bits per heavy atom. The molecule has 0 aliphatic heterocycles. The van der Waals surface area contributed by atoms with Crippen molar-refractivity contribution in [3.8, 4) is 0 Å². The molecule has 0 spiro atoms. The molecular weight excluding hydrogens is 260 g/mol. The average Bonchev–Trinajstić information content (AvgIpc) is 2.37. The quantitative estimate of drug-likeness (QED) is 0.508. The zero-order valence-corrected chi connectivity index (χ0v) is 14.4. The van der Waals surface area contributed by atoms with Crippen LogP contribution < -0.4 is 0 Å². The molecule has 0 aromatic rings. The molecule has 120 valence electrons. The van der Waals surface area contributed by atoms with Crippen molar-refractivity contribution in [1.82, 2.24) is 0 Å². The van der Waals surface area contributed by atoms with E-state index in [-0.39, 0.29) is 5.92 Å². The van der Waals surface area contributed by atoms with Crippen LogP contribution in [0.3, 0.4) is 0 Å². The zero-order chi connectivity index (χ0) is 16.3. The summed E-state index contributed by atoms with van der Waals surface area (Å²) in [5, 5.41) is 8.82. The predicted octanol–water partition coefficient (Wildman–Crippen LogP) is 5.91. The first kappa shape index (κ1) is 19.7. The lowest BCUT2D eigenvalue weighted by Gasteiger charge is -2.04. The molecule has 2 heteroatoms. The summed E-state index contributed by atoms with van der Waals surface area (Å²) in [6.45, 7) is 10.4. The Labute approximate surface area is 130 Å². The Bertz CT molecular complexity index is 396. The molecule has 0 amide bonds. The van der Waals surface area contributed by atoms with Gasteiger partial charge in [-0.3, -0.25) is 4.79 Å². The summed E-state index contributed by atoms with van der Waals surface area (Å²) >= 11 is 0. The first-order valence-corrected chi connectivity index (χ1v) is 8.00. The molecule has 1 atom stereocenters. The van der Waals surface area contributed by atoms with Crippen molar-refractivity contribution in [3.05, 3.63) is 34.9 Å². The lowest BCUT2D eigenvalue weighted by Crippen LogP contribution is -2.08. The van der Waals surface area contributed by atoms with Crippen LogP contribution in [0.25, 0.3) is 0 Å². The van der Waals surface area contributed by atoms with Crippen molar-refractivity contribution in [3.63, 3.8) is 0 Å². The first-order valence-electron chi connectivity index (χ1n) is 8.00. The van der Waals surface area contributed by atoms with Crippen LogP contribution in [-0.4, -0.2) is 11.1 Å². The largest absolute Gasteiger partial charge is 0.481 e. The summed E-state index contributed by atoms with van der Waals surface area (Å²) in [5.74, 6) is -0.942. The molecule has 0 bridgehead atoms. The van der Waals surface area contributed by atoms with Crippen LogP contribution in [0, 0.1) is 5.92 Å². The van der Waals surface area contributed by atoms with Gasteiger partial charge in [0, 0.05) is 0 Å². The topological polar surface area (TPSA) is 37.3 Å². The number of hydrogen-bond acceptors (Lipinski definition) is 1. The third kappa shape index (κ3) is 12.2. The van der Waals surface area contributed by atoms with Gasteiger partial charge in [-0.1, -0.05) is 41.9 Å². The Kier molecular flexibility index (Phi) is 10.7. The maximum absolute atomic E-state index is 10.7. The number of allylic oxidation sites excluding steroid dienone is 6. The molecule has 0 aliphatic carbocycles. The minimum absolute atomic E-state index is 0.244. The Balaban J connectivity index is 3.93. The second kappa shape index (κ2) is 11.4. The van der Waals surface area contributed by atoms with Crippen LogP contribution in [-0.2, 0) is 4.79 Å². The highest BCUT2D eigenvalue weighted by Crippen LogP contribution is 2.13. The fourth-order valence-corrected chi connectivity index (χ4v) is 2.04. The van der Waals surface area contributed by atoms with E-state index in [9.17, 15) is 4.79 Å². The van der Waals surface area contributed by atoms with E-state index in [1.165, 1.54) is 16.7 Å². The van der Waals surface area contributed by atoms with Gasteiger partial charge in [-0.05, 0) is 66.2 Å². The van der Waals surface area contributed by atoms with Crippen LogP contribution in [0.1, 0.15) is 73.1 Å². The summed E-state index contributed by atoms with van der Waals surface area (Å²) in [4.78, 5) is 10.7. The van der Waals surface area contributed by atoms with E-state index in [1.807, 2.05) is 0 Å². The highest BCUT2D eigenvalue weighted by Gasteiger charge is 2.08. The van der Waals surface area contributed by atoms with E-state index < -0.39 is 5.97 Å². The van der Waals surface area contributed by atoms with Gasteiger partial charge in [-0.2, -0.15) is 0 Å². The van der Waals surface area contributed by atoms with Crippen molar-refractivity contribution in [2.45, 2.75) is 73.1 Å². The number of aliphatic carboxylic acids is 1. The summed E-state index contributed by atoms with van der Waals surface area (Å²) in [6, 6.07) is 0. The van der Waals surface area contributed by atoms with Gasteiger partial charge < -0.3 is 5.11 Å². The molecule has 0 heterocycles. The molecule has 1 unspecified atom stereocenters. The van der Waals surface area contributed by atoms with Gasteiger partial charge in [0.1, 0.15) is 0 Å². The lowest BCUT2D eigenvalue weighted by molar-refractivity contribution is -0.141. The van der Waals surface area contributed by atoms with E-state index in [0.717, 1.165) is 38.5 Å². The van der Waals surface area contributed by atoms with E-state index in [4.69, 9.17) is 5.11 Å². The second-order valence-corrected chi connectivity index (χ2v) is 6.28. The van der Waals surface area contributed by atoms with Crippen LogP contribution in [0.2, 0.25) is 0 Å². The van der Waals surface area contributed by atoms with Gasteiger partial charge in [0.25, 0.3) is 0 Å². The van der Waals surface area contributed by atoms with Crippen molar-refractivity contribution < 1.29 is 9.90 Å². The summed E-state index contributed by atoms with van der Waals surface area (Å²) in [7, 11) is 0. The Morgan fingerprint density at radius 1 is 0.905 bits per heavy atom. The fourth-order valence-electron chi connectivity index (χ4n) is 2.04. The molecule has 21 heavy (non-hydrogen) atoms. The smallest absolute Gasteiger partial charge is 0.306 e. The second-order valence-electron chi connectivity index (χ2n) is 6.28. The van der Waals surface area contributed by atoms with Gasteiger partial charge in [0.15, 0.2) is 0 Å². The molecule has 0 saturated carbocycles. The molecular formula is C19H32O2. The maximum Gasteiger partial charge on any atom is 0.306 e. The van der Waals surface area contributed by atoms with E-state index in [1.54, 1.807) is 6.92 Å². The zero-order valence-electron chi connectivity index (χ0n) is 14.4. The first-order chi connectivity index (χ1) is 9.82. The standard InChI is InChI=1S/C19H32O2/c1-15(2)9-6-10-16(3)11-7-12-17(4)13-8-14-18(5)19(20)21/h9,11,13,18H,6-8,10,12,14H2,1-5H3,(H,20,21)/b16-11+,17-13?. The average molecular weight is 292 g/mol. The summed E-state index contributed by atoms with van der Waals surface area (Å²) in [6.07, 6.45) is 12.8. The molecule has 0 aromatic carbocycles. The van der Waals surface area contributed by atoms with E-state index in [2.05, 4.69) is 45.9 Å². The lowest BCUT2D eigenvalue weighted by atomic mass is 10.0. The van der Waals surface area contributed by atoms with Crippen LogP contribution in [0.5, 0.6) is 0 Å². The van der Waals surface area contributed by atoms with Gasteiger partial charge in [0.2, 0.25) is 0 Å². The molecule has 1 N–H and O–H groups in total. The number of hydrogen-bond donors (Lipinski definition) is 1. The SMILES string of the molecule is CC(C)=CCC/C(C)=C/CCC(C)=CCCC(C)C(=O)O. The molecule has 0 fully saturated rings. The van der Waals surface area contributed by atoms with Crippen LogP contribution in [0.4, 0.5) is 0 Å². The summed E-state index contributed by atoms with van der Waals surface area (Å²) in [5.41, 5.74) is 4.21. The van der Waals surface area contributed by atoms with Crippen molar-refractivity contribution in [2.24, 2.45) is 5.92 Å². The number of carboxylic acid groups (broad SMARTS) is 1. The molecule has 0 rings (SSSR count). The number of rotatable bonds is 10. The predicted molar refractivity (Wildman–Crippen MR) is 91.4 cm³/mol. The maximum atomic E-state index is 10.7. The Hall–Kier alpha value is -1.31. The molecule has 0 radical (unpaired) electrons. The molecule has 0 aliphatic rings. The Morgan fingerprint density at radius 2 is 1.38 bits per heavy atom. The minimum Gasteiger partial charge on any atom is -0.481 e. The monoisotopic (exact) mass is 292 g/mol. The van der Waals surface area contributed by atoms with Gasteiger partial charge in [-0.25, -0.2) is 0 Å². The molecule has 0 saturated heterocycles. The van der Waals surface area contributed by atoms with Gasteiger partial charge in [0.05, 0.1) is 5.92 Å². The number of carboxylic acids is 1. The third-order valence-electron chi connectivity index (χ3n) is 3.64. The number of carbonyl (C=O) groups is 1. The van der Waals surface area contributed by atoms with Crippen LogP contribution >= 0.6 is 0 Å². The molecule has 0 aromatic heterocycles. The van der Waals surface area contributed by atoms with E-state index in [0.29, 0.717) is 0 Å².